The average Bonchev–Trinajstić information content (AvgIpc) is 3.63. The number of nitrogens with one attached hydrogen (secondary N) is 2. The van der Waals surface area contributed by atoms with Crippen molar-refractivity contribution in [2.24, 2.45) is 34.4 Å². The van der Waals surface area contributed by atoms with Crippen molar-refractivity contribution >= 4 is 5.91 Å². The Morgan fingerprint density at radius 1 is 0.769 bits per heavy atom. The molecule has 3 saturated heterocycles. The number of hydrogen-bond donors (Lipinski definition) is 15. The van der Waals surface area contributed by atoms with E-state index in [1.54, 1.807) is 0 Å². The average molecular weight is 755 g/mol. The summed E-state index contributed by atoms with van der Waals surface area (Å²) in [5.74, 6) is -0.816. The highest BCUT2D eigenvalue weighted by Gasteiger charge is 2.59. The van der Waals surface area contributed by atoms with Gasteiger partial charge in [-0.1, -0.05) is 0 Å². The van der Waals surface area contributed by atoms with Crippen LogP contribution in [0.1, 0.15) is 25.7 Å². The number of ether oxygens (including phenoxy) is 6. The van der Waals surface area contributed by atoms with Crippen molar-refractivity contribution in [1.29, 1.82) is 0 Å². The first-order valence-corrected chi connectivity index (χ1v) is 17.8. The Hall–Kier alpha value is -1.33. The molecular formula is C30H58N8O14. The molecule has 0 aromatic carbocycles. The van der Waals surface area contributed by atoms with Gasteiger partial charge in [-0.25, -0.2) is 0 Å². The second-order valence-corrected chi connectivity index (χ2v) is 14.4. The Labute approximate surface area is 300 Å². The van der Waals surface area contributed by atoms with E-state index < -0.39 is 134 Å². The fraction of sp³-hybridized carbons (Fsp3) is 0.967. The van der Waals surface area contributed by atoms with E-state index >= 15 is 0 Å². The van der Waals surface area contributed by atoms with E-state index in [0.29, 0.717) is 19.5 Å². The number of aliphatic hydroxyl groups excluding tert-OH is 6. The number of amides is 1. The molecule has 2 unspecified atom stereocenters. The lowest BCUT2D eigenvalue weighted by Gasteiger charge is -2.47. The van der Waals surface area contributed by atoms with Gasteiger partial charge in [0.25, 0.3) is 5.91 Å². The lowest BCUT2D eigenvalue weighted by Crippen LogP contribution is -2.67. The van der Waals surface area contributed by atoms with E-state index in [-0.39, 0.29) is 32.4 Å². The first-order valence-electron chi connectivity index (χ1n) is 17.8. The Balaban J connectivity index is 1.34. The summed E-state index contributed by atoms with van der Waals surface area (Å²) in [4.78, 5) is 12.9. The predicted molar refractivity (Wildman–Crippen MR) is 176 cm³/mol. The molecule has 52 heavy (non-hydrogen) atoms. The van der Waals surface area contributed by atoms with Gasteiger partial charge in [-0.3, -0.25) is 4.79 Å². The number of rotatable bonds is 15. The highest BCUT2D eigenvalue weighted by molar-refractivity contribution is 5.89. The van der Waals surface area contributed by atoms with Gasteiger partial charge >= 0.3 is 0 Å². The molecule has 2 saturated carbocycles. The summed E-state index contributed by atoms with van der Waals surface area (Å²) in [6.07, 6.45) is -17.5. The van der Waals surface area contributed by atoms with Crippen LogP contribution in [0.3, 0.4) is 0 Å². The van der Waals surface area contributed by atoms with Crippen LogP contribution in [-0.4, -0.2) is 196 Å². The molecule has 20 atom stereocenters. The van der Waals surface area contributed by atoms with E-state index in [0.717, 1.165) is 0 Å². The van der Waals surface area contributed by atoms with Crippen molar-refractivity contribution in [2.45, 2.75) is 148 Å². The summed E-state index contributed by atoms with van der Waals surface area (Å²) in [5, 5.41) is 80.8. The molecule has 5 aliphatic rings. The fourth-order valence-electron chi connectivity index (χ4n) is 7.11. The fourth-order valence-corrected chi connectivity index (χ4v) is 7.11. The molecule has 2 aliphatic carbocycles. The zero-order chi connectivity index (χ0) is 38.1. The van der Waals surface area contributed by atoms with Gasteiger partial charge in [0.05, 0.1) is 36.9 Å². The first kappa shape index (κ1) is 41.8. The second-order valence-electron chi connectivity index (χ2n) is 14.4. The van der Waals surface area contributed by atoms with Crippen LogP contribution in [0.5, 0.6) is 0 Å². The van der Waals surface area contributed by atoms with Crippen molar-refractivity contribution < 1.29 is 69.0 Å². The van der Waals surface area contributed by atoms with E-state index in [4.69, 9.17) is 62.8 Å². The molecular weight excluding hydrogens is 696 g/mol. The molecule has 3 heterocycles. The molecule has 5 fully saturated rings. The Bertz CT molecular complexity index is 1170. The summed E-state index contributed by atoms with van der Waals surface area (Å²) in [5.41, 5.74) is 34.1. The standard InChI is InChI=1S/C30H58N8O14/c31-2-1-3-37-8-15-13(40)5-11(34)26(48-15)50-23-10(33)4-12(38-29(45)30(46)6-17(30)35)19(41)25(23)52-28-22(44)24(16(9-39)49-28)51-27-18(36)21(43)20(42)14(7-32)47-27/h10-28,37,39-44,46H,1-9,31-36H2,(H,38,45)/t10-,11+,12+,13-,14-,15+,16+,17?,18+,19-,20+,21+,22+,23+,24+,25+,26+,27+,28-,30?/m0/s1. The van der Waals surface area contributed by atoms with Gasteiger partial charge in [-0.05, 0) is 32.4 Å². The van der Waals surface area contributed by atoms with Crippen LogP contribution < -0.4 is 45.0 Å². The maximum absolute atomic E-state index is 12.9. The van der Waals surface area contributed by atoms with Crippen molar-refractivity contribution in [1.82, 2.24) is 10.6 Å². The summed E-state index contributed by atoms with van der Waals surface area (Å²) >= 11 is 0. The molecule has 21 N–H and O–H groups in total. The van der Waals surface area contributed by atoms with Crippen LogP contribution in [0.15, 0.2) is 0 Å². The van der Waals surface area contributed by atoms with E-state index in [1.165, 1.54) is 0 Å². The maximum atomic E-state index is 12.9. The number of carbonyl (C=O) groups is 1. The molecule has 1 amide bonds. The molecule has 0 radical (unpaired) electrons. The third kappa shape index (κ3) is 8.87. The van der Waals surface area contributed by atoms with Crippen LogP contribution in [0.2, 0.25) is 0 Å². The highest BCUT2D eigenvalue weighted by atomic mass is 16.8. The van der Waals surface area contributed by atoms with Gasteiger partial charge in [0.2, 0.25) is 0 Å². The van der Waals surface area contributed by atoms with Gasteiger partial charge in [0.1, 0.15) is 54.9 Å². The van der Waals surface area contributed by atoms with E-state index in [2.05, 4.69) is 10.6 Å². The number of nitrogens with two attached hydrogens (primary N) is 6. The van der Waals surface area contributed by atoms with E-state index in [9.17, 15) is 40.5 Å². The molecule has 0 aromatic rings. The summed E-state index contributed by atoms with van der Waals surface area (Å²) in [6, 6.07) is -4.97. The van der Waals surface area contributed by atoms with Gasteiger partial charge in [0, 0.05) is 31.6 Å². The normalized spacial score (nSPS) is 49.5. The summed E-state index contributed by atoms with van der Waals surface area (Å²) in [7, 11) is 0. The molecule has 3 aliphatic heterocycles. The van der Waals surface area contributed by atoms with Crippen LogP contribution in [0.25, 0.3) is 0 Å². The minimum atomic E-state index is -1.82. The molecule has 0 aromatic heterocycles. The van der Waals surface area contributed by atoms with Crippen molar-refractivity contribution in [3.05, 3.63) is 0 Å². The molecule has 0 bridgehead atoms. The summed E-state index contributed by atoms with van der Waals surface area (Å²) < 4.78 is 35.8. The zero-order valence-electron chi connectivity index (χ0n) is 28.8. The smallest absolute Gasteiger partial charge is 0.253 e. The summed E-state index contributed by atoms with van der Waals surface area (Å²) in [6.45, 7) is 0.442. The zero-order valence-corrected chi connectivity index (χ0v) is 28.8. The Kier molecular flexibility index (Phi) is 14.2. The number of carbonyl (C=O) groups excluding carboxylic acids is 1. The highest BCUT2D eigenvalue weighted by Crippen LogP contribution is 2.37. The van der Waals surface area contributed by atoms with Gasteiger partial charge in [0.15, 0.2) is 24.5 Å². The lowest BCUT2D eigenvalue weighted by molar-refractivity contribution is -0.296. The maximum Gasteiger partial charge on any atom is 0.253 e. The van der Waals surface area contributed by atoms with Crippen LogP contribution in [-0.2, 0) is 33.2 Å². The molecule has 22 heteroatoms. The van der Waals surface area contributed by atoms with Gasteiger partial charge in [-0.15, -0.1) is 0 Å². The van der Waals surface area contributed by atoms with Crippen molar-refractivity contribution in [3.8, 4) is 0 Å². The second kappa shape index (κ2) is 17.6. The molecule has 22 nitrogen and oxygen atoms in total. The predicted octanol–water partition coefficient (Wildman–Crippen LogP) is -9.27. The van der Waals surface area contributed by atoms with Crippen LogP contribution >= 0.6 is 0 Å². The number of hydrogen-bond acceptors (Lipinski definition) is 21. The van der Waals surface area contributed by atoms with Crippen LogP contribution in [0.4, 0.5) is 0 Å². The monoisotopic (exact) mass is 754 g/mol. The topological polar surface area (TPSA) is 394 Å². The minimum Gasteiger partial charge on any atom is -0.394 e. The van der Waals surface area contributed by atoms with Gasteiger partial charge < -0.3 is 109 Å². The van der Waals surface area contributed by atoms with Crippen molar-refractivity contribution in [3.63, 3.8) is 0 Å². The quantitative estimate of drug-likeness (QED) is 0.0690. The molecule has 5 rings (SSSR count). The van der Waals surface area contributed by atoms with Crippen molar-refractivity contribution in [2.75, 3.05) is 32.8 Å². The third-order valence-electron chi connectivity index (χ3n) is 10.5. The Morgan fingerprint density at radius 2 is 1.40 bits per heavy atom. The minimum absolute atomic E-state index is 0.0206. The number of aliphatic hydroxyl groups is 7. The molecule has 0 spiro atoms. The lowest BCUT2D eigenvalue weighted by atomic mass is 9.83. The Morgan fingerprint density at radius 3 is 2.04 bits per heavy atom. The molecule has 302 valence electrons. The van der Waals surface area contributed by atoms with Gasteiger partial charge in [-0.2, -0.15) is 0 Å². The SMILES string of the molecule is NCCCNC[C@H]1O[C@H](O[C@H]2[C@H](O[C@@H]3O[C@H](CO)[C@@H](O[C@H]4O[C@@H](CN)[C@@H](O)[C@H](O)[C@H]4N)[C@H]3O)[C@@H](O)[C@H](NC(=O)C3(O)CC3N)C[C@@H]2N)[C@H](N)C[C@@H]1O. The largest absolute Gasteiger partial charge is 0.394 e. The van der Waals surface area contributed by atoms with E-state index in [1.807, 2.05) is 0 Å². The third-order valence-corrected chi connectivity index (χ3v) is 10.5. The first-order chi connectivity index (χ1) is 24.6. The van der Waals surface area contributed by atoms with Crippen LogP contribution in [0, 0.1) is 0 Å².